The van der Waals surface area contributed by atoms with Crippen LogP contribution < -0.4 is 4.72 Å². The summed E-state index contributed by atoms with van der Waals surface area (Å²) in [6, 6.07) is 6.02. The van der Waals surface area contributed by atoms with Crippen LogP contribution in [0.15, 0.2) is 24.3 Å². The predicted octanol–water partition coefficient (Wildman–Crippen LogP) is 1.99. The molecule has 2 rings (SSSR count). The number of aromatic carboxylic acids is 1. The molecule has 0 unspecified atom stereocenters. The van der Waals surface area contributed by atoms with Crippen molar-refractivity contribution in [1.29, 1.82) is 0 Å². The zero-order valence-corrected chi connectivity index (χ0v) is 12.0. The summed E-state index contributed by atoms with van der Waals surface area (Å²) in [6.45, 7) is 0.456. The minimum atomic E-state index is -3.40. The van der Waals surface area contributed by atoms with E-state index in [2.05, 4.69) is 4.72 Å². The van der Waals surface area contributed by atoms with Gasteiger partial charge in [0.15, 0.2) is 0 Å². The van der Waals surface area contributed by atoms with Gasteiger partial charge >= 0.3 is 5.97 Å². The van der Waals surface area contributed by atoms with Crippen LogP contribution in [0.3, 0.4) is 0 Å². The van der Waals surface area contributed by atoms with E-state index in [9.17, 15) is 13.2 Å². The number of hydrogen-bond donors (Lipinski definition) is 2. The monoisotopic (exact) mass is 297 g/mol. The van der Waals surface area contributed by atoms with E-state index in [0.29, 0.717) is 12.1 Å². The minimum Gasteiger partial charge on any atom is -0.478 e. The van der Waals surface area contributed by atoms with Crippen LogP contribution in [0.2, 0.25) is 0 Å². The molecule has 1 aliphatic rings. The molecule has 1 fully saturated rings. The number of hydrogen-bond acceptors (Lipinski definition) is 3. The lowest BCUT2D eigenvalue weighted by Crippen LogP contribution is -2.26. The fourth-order valence-electron chi connectivity index (χ4n) is 2.09. The van der Waals surface area contributed by atoms with Gasteiger partial charge < -0.3 is 5.11 Å². The third-order valence-electron chi connectivity index (χ3n) is 3.34. The first-order valence-corrected chi connectivity index (χ1v) is 8.41. The second kappa shape index (κ2) is 6.37. The molecule has 0 heterocycles. The van der Waals surface area contributed by atoms with E-state index in [4.69, 9.17) is 5.11 Å². The molecule has 0 aromatic heterocycles. The van der Waals surface area contributed by atoms with E-state index >= 15 is 0 Å². The molecular formula is C14H19NO4S. The molecule has 1 aliphatic carbocycles. The van der Waals surface area contributed by atoms with Crippen molar-refractivity contribution in [3.63, 3.8) is 0 Å². The first-order chi connectivity index (χ1) is 9.46. The third-order valence-corrected chi connectivity index (χ3v) is 4.70. The summed E-state index contributed by atoms with van der Waals surface area (Å²) >= 11 is 0. The molecule has 1 aromatic carbocycles. The number of carboxylic acids is 1. The molecule has 20 heavy (non-hydrogen) atoms. The highest BCUT2D eigenvalue weighted by Gasteiger charge is 2.20. The van der Waals surface area contributed by atoms with E-state index in [1.54, 1.807) is 12.1 Å². The van der Waals surface area contributed by atoms with Gasteiger partial charge in [0.05, 0.1) is 11.3 Å². The van der Waals surface area contributed by atoms with Crippen LogP contribution in [0.25, 0.3) is 0 Å². The number of nitrogens with one attached hydrogen (secondary N) is 1. The lowest BCUT2D eigenvalue weighted by Gasteiger charge is -2.07. The van der Waals surface area contributed by atoms with E-state index < -0.39 is 16.0 Å². The molecule has 1 saturated carbocycles. The molecular weight excluding hydrogens is 278 g/mol. The maximum atomic E-state index is 11.9. The Morgan fingerprint density at radius 3 is 2.75 bits per heavy atom. The molecule has 0 aliphatic heterocycles. The molecule has 110 valence electrons. The highest BCUT2D eigenvalue weighted by Crippen LogP contribution is 2.33. The zero-order valence-electron chi connectivity index (χ0n) is 11.2. The summed E-state index contributed by atoms with van der Waals surface area (Å²) in [5.41, 5.74) is 0.589. The van der Waals surface area contributed by atoms with Gasteiger partial charge in [-0.2, -0.15) is 0 Å². The Balaban J connectivity index is 1.86. The highest BCUT2D eigenvalue weighted by atomic mass is 32.2. The van der Waals surface area contributed by atoms with Gasteiger partial charge in [-0.05, 0) is 36.5 Å². The summed E-state index contributed by atoms with van der Waals surface area (Å²) in [5.74, 6) is -0.439. The molecule has 0 spiro atoms. The van der Waals surface area contributed by atoms with Crippen molar-refractivity contribution in [3.8, 4) is 0 Å². The lowest BCUT2D eigenvalue weighted by atomic mass is 10.1. The quantitative estimate of drug-likeness (QED) is 0.719. The normalized spacial score (nSPS) is 15.2. The Morgan fingerprint density at radius 1 is 1.35 bits per heavy atom. The fraction of sp³-hybridized carbons (Fsp3) is 0.500. The van der Waals surface area contributed by atoms with Crippen molar-refractivity contribution in [1.82, 2.24) is 4.72 Å². The Morgan fingerprint density at radius 2 is 2.10 bits per heavy atom. The summed E-state index contributed by atoms with van der Waals surface area (Å²) in [7, 11) is -3.40. The van der Waals surface area contributed by atoms with Crippen LogP contribution in [-0.2, 0) is 15.8 Å². The largest absolute Gasteiger partial charge is 0.478 e. The van der Waals surface area contributed by atoms with Crippen molar-refractivity contribution >= 4 is 16.0 Å². The SMILES string of the molecule is O=C(O)c1cccc(CS(=O)(=O)NCCCC2CC2)c1. The first kappa shape index (κ1) is 15.0. The summed E-state index contributed by atoms with van der Waals surface area (Å²) in [4.78, 5) is 10.8. The average Bonchev–Trinajstić information content (AvgIpc) is 3.18. The Labute approximate surface area is 119 Å². The number of benzene rings is 1. The van der Waals surface area contributed by atoms with Gasteiger partial charge in [-0.25, -0.2) is 17.9 Å². The van der Waals surface area contributed by atoms with Gasteiger partial charge in [-0.3, -0.25) is 0 Å². The fourth-order valence-corrected chi connectivity index (χ4v) is 3.27. The van der Waals surface area contributed by atoms with Gasteiger partial charge in [0.25, 0.3) is 0 Å². The molecule has 5 nitrogen and oxygen atoms in total. The molecule has 0 bridgehead atoms. The molecule has 0 saturated heterocycles. The second-order valence-corrected chi connectivity index (χ2v) is 7.05. The number of rotatable bonds is 8. The van der Waals surface area contributed by atoms with Crippen LogP contribution in [0.4, 0.5) is 0 Å². The minimum absolute atomic E-state index is 0.103. The van der Waals surface area contributed by atoms with Gasteiger partial charge in [0, 0.05) is 6.54 Å². The van der Waals surface area contributed by atoms with Crippen LogP contribution in [0, 0.1) is 5.92 Å². The topological polar surface area (TPSA) is 83.5 Å². The molecule has 1 aromatic rings. The van der Waals surface area contributed by atoms with Crippen LogP contribution in [0.1, 0.15) is 41.6 Å². The second-order valence-electron chi connectivity index (χ2n) is 5.24. The number of sulfonamides is 1. The van der Waals surface area contributed by atoms with E-state index in [1.165, 1.54) is 25.0 Å². The zero-order chi connectivity index (χ0) is 14.6. The summed E-state index contributed by atoms with van der Waals surface area (Å²) in [5, 5.41) is 8.87. The van der Waals surface area contributed by atoms with Crippen LogP contribution in [0.5, 0.6) is 0 Å². The van der Waals surface area contributed by atoms with Crippen molar-refractivity contribution in [2.45, 2.75) is 31.4 Å². The van der Waals surface area contributed by atoms with Gasteiger partial charge in [0.2, 0.25) is 10.0 Å². The van der Waals surface area contributed by atoms with Crippen molar-refractivity contribution in [3.05, 3.63) is 35.4 Å². The van der Waals surface area contributed by atoms with Crippen LogP contribution in [-0.4, -0.2) is 26.0 Å². The van der Waals surface area contributed by atoms with Gasteiger partial charge in [-0.15, -0.1) is 0 Å². The Kier molecular flexibility index (Phi) is 4.77. The standard InChI is InChI=1S/C14H19NO4S/c16-14(17)13-5-1-3-12(9-13)10-20(18,19)15-8-2-4-11-6-7-11/h1,3,5,9,11,15H,2,4,6-8,10H2,(H,16,17). The summed E-state index contributed by atoms with van der Waals surface area (Å²) < 4.78 is 26.3. The van der Waals surface area contributed by atoms with E-state index in [0.717, 1.165) is 18.8 Å². The molecule has 2 N–H and O–H groups in total. The van der Waals surface area contributed by atoms with Gasteiger partial charge in [0.1, 0.15) is 0 Å². The average molecular weight is 297 g/mol. The lowest BCUT2D eigenvalue weighted by molar-refractivity contribution is 0.0696. The Bertz CT molecular complexity index is 579. The maximum Gasteiger partial charge on any atom is 0.335 e. The van der Waals surface area contributed by atoms with Crippen molar-refractivity contribution in [2.75, 3.05) is 6.54 Å². The van der Waals surface area contributed by atoms with E-state index in [-0.39, 0.29) is 11.3 Å². The maximum absolute atomic E-state index is 11.9. The predicted molar refractivity (Wildman–Crippen MR) is 76.0 cm³/mol. The summed E-state index contributed by atoms with van der Waals surface area (Å²) in [6.07, 6.45) is 4.49. The first-order valence-electron chi connectivity index (χ1n) is 6.76. The molecule has 0 atom stereocenters. The molecule has 6 heteroatoms. The third kappa shape index (κ3) is 4.94. The molecule has 0 amide bonds. The van der Waals surface area contributed by atoms with Gasteiger partial charge in [-0.1, -0.05) is 25.0 Å². The number of carboxylic acid groups (broad SMARTS) is 1. The van der Waals surface area contributed by atoms with Crippen LogP contribution >= 0.6 is 0 Å². The van der Waals surface area contributed by atoms with Crippen molar-refractivity contribution < 1.29 is 18.3 Å². The molecule has 0 radical (unpaired) electrons. The van der Waals surface area contributed by atoms with E-state index in [1.807, 2.05) is 0 Å². The van der Waals surface area contributed by atoms with Crippen molar-refractivity contribution in [2.24, 2.45) is 5.92 Å². The smallest absolute Gasteiger partial charge is 0.335 e. The highest BCUT2D eigenvalue weighted by molar-refractivity contribution is 7.88. The number of carbonyl (C=O) groups is 1. The Hall–Kier alpha value is -1.40.